The monoisotopic (exact) mass is 480 g/mol. The van der Waals surface area contributed by atoms with E-state index < -0.39 is 35.6 Å². The molecule has 0 bridgehead atoms. The lowest BCUT2D eigenvalue weighted by atomic mass is 9.78. The molecule has 5 rings (SSSR count). The van der Waals surface area contributed by atoms with Crippen molar-refractivity contribution in [1.82, 2.24) is 4.90 Å². The van der Waals surface area contributed by atoms with Crippen LogP contribution in [0.1, 0.15) is 30.4 Å². The van der Waals surface area contributed by atoms with Gasteiger partial charge in [0.15, 0.2) is 0 Å². The number of aryl methyl sites for hydroxylation is 2. The molecule has 2 fully saturated rings. The van der Waals surface area contributed by atoms with Gasteiger partial charge in [0.2, 0.25) is 5.91 Å². The molecule has 0 aliphatic carbocycles. The zero-order chi connectivity index (χ0) is 24.7. The molecule has 186 valence electrons. The van der Waals surface area contributed by atoms with E-state index in [2.05, 4.69) is 0 Å². The molecule has 0 radical (unpaired) electrons. The van der Waals surface area contributed by atoms with Crippen LogP contribution in [0.2, 0.25) is 0 Å². The Hall–Kier alpha value is -2.97. The number of unbranched alkanes of at least 4 members (excludes halogenated alkanes) is 2. The fourth-order valence-electron chi connectivity index (χ4n) is 6.01. The summed E-state index contributed by atoms with van der Waals surface area (Å²) in [5.41, 5.74) is 1.56. The number of ether oxygens (including phenoxy) is 2. The largest absolute Gasteiger partial charge is 0.461 e. The van der Waals surface area contributed by atoms with Crippen LogP contribution >= 0.6 is 0 Å². The maximum absolute atomic E-state index is 14.3. The van der Waals surface area contributed by atoms with Crippen LogP contribution in [0, 0.1) is 25.7 Å². The fourth-order valence-corrected chi connectivity index (χ4v) is 6.01. The van der Waals surface area contributed by atoms with Gasteiger partial charge < -0.3 is 24.4 Å². The van der Waals surface area contributed by atoms with Gasteiger partial charge in [-0.3, -0.25) is 14.4 Å². The van der Waals surface area contributed by atoms with Crippen LogP contribution in [-0.4, -0.2) is 71.8 Å². The topological polar surface area (TPSA) is 96.4 Å². The molecule has 1 unspecified atom stereocenters. The second-order valence-electron chi connectivity index (χ2n) is 9.86. The van der Waals surface area contributed by atoms with Crippen molar-refractivity contribution < 1.29 is 29.0 Å². The van der Waals surface area contributed by atoms with Gasteiger partial charge in [-0.25, -0.2) is 0 Å². The van der Waals surface area contributed by atoms with Crippen molar-refractivity contribution in [1.29, 1.82) is 0 Å². The molecule has 1 aromatic rings. The predicted molar refractivity (Wildman–Crippen MR) is 129 cm³/mol. The summed E-state index contributed by atoms with van der Waals surface area (Å²) in [5, 5.41) is 9.17. The summed E-state index contributed by atoms with van der Waals surface area (Å²) < 4.78 is 11.9. The number of esters is 1. The first kappa shape index (κ1) is 23.8. The zero-order valence-electron chi connectivity index (χ0n) is 20.2. The molecule has 5 atom stereocenters. The highest BCUT2D eigenvalue weighted by Gasteiger charge is 2.71. The molecular formula is C27H32N2O6. The Balaban J connectivity index is 1.58. The van der Waals surface area contributed by atoms with E-state index in [4.69, 9.17) is 9.47 Å². The van der Waals surface area contributed by atoms with Crippen LogP contribution in [0.3, 0.4) is 0 Å². The molecule has 0 saturated carbocycles. The quantitative estimate of drug-likeness (QED) is 0.380. The third-order valence-electron chi connectivity index (χ3n) is 7.63. The Labute approximate surface area is 205 Å². The zero-order valence-corrected chi connectivity index (χ0v) is 20.2. The third kappa shape index (κ3) is 3.79. The normalized spacial score (nSPS) is 31.7. The van der Waals surface area contributed by atoms with Gasteiger partial charge in [-0.15, -0.1) is 0 Å². The number of carbonyl (C=O) groups is 3. The maximum Gasteiger partial charge on any atom is 0.313 e. The lowest BCUT2D eigenvalue weighted by Crippen LogP contribution is -2.55. The first-order valence-corrected chi connectivity index (χ1v) is 12.4. The minimum Gasteiger partial charge on any atom is -0.461 e. The molecular weight excluding hydrogens is 448 g/mol. The van der Waals surface area contributed by atoms with Crippen molar-refractivity contribution >= 4 is 23.5 Å². The Morgan fingerprint density at radius 3 is 2.71 bits per heavy atom. The van der Waals surface area contributed by atoms with Gasteiger partial charge in [0.05, 0.1) is 12.0 Å². The number of nitrogens with zero attached hydrogens (tertiary/aromatic N) is 2. The highest BCUT2D eigenvalue weighted by molar-refractivity contribution is 6.05. The molecule has 0 aromatic heterocycles. The van der Waals surface area contributed by atoms with Crippen LogP contribution < -0.4 is 4.90 Å². The van der Waals surface area contributed by atoms with Crippen LogP contribution in [0.4, 0.5) is 5.69 Å². The molecule has 4 aliphatic heterocycles. The minimum atomic E-state index is -1.24. The third-order valence-corrected chi connectivity index (χ3v) is 7.63. The molecule has 8 heteroatoms. The van der Waals surface area contributed by atoms with E-state index >= 15 is 0 Å². The van der Waals surface area contributed by atoms with E-state index in [0.717, 1.165) is 23.2 Å². The van der Waals surface area contributed by atoms with Crippen molar-refractivity contribution in [3.8, 4) is 0 Å². The van der Waals surface area contributed by atoms with E-state index in [-0.39, 0.29) is 25.0 Å². The summed E-state index contributed by atoms with van der Waals surface area (Å²) in [6.07, 6.45) is 8.62. The first-order chi connectivity index (χ1) is 16.9. The molecule has 1 N–H and O–H groups in total. The van der Waals surface area contributed by atoms with E-state index in [0.29, 0.717) is 25.9 Å². The molecule has 4 aliphatic rings. The molecule has 2 amide bonds. The highest BCUT2D eigenvalue weighted by Crippen LogP contribution is 2.53. The number of cyclic esters (lactones) is 1. The Bertz CT molecular complexity index is 1100. The second-order valence-corrected chi connectivity index (χ2v) is 9.86. The van der Waals surface area contributed by atoms with Crippen molar-refractivity contribution in [3.63, 3.8) is 0 Å². The number of fused-ring (bicyclic) bond motifs is 2. The molecule has 4 heterocycles. The van der Waals surface area contributed by atoms with Crippen LogP contribution in [0.25, 0.3) is 0 Å². The molecule has 35 heavy (non-hydrogen) atoms. The fraction of sp³-hybridized carbons (Fsp3) is 0.519. The molecule has 8 nitrogen and oxygen atoms in total. The standard InChI is InChI=1S/C27H32N2O6/c1-17-9-10-18(2)19(16-17)28-13-7-11-27-22(21-20(35-27)8-6-15-34-26(21)33)24(31)29(23(27)25(28)32)12-4-3-5-14-30/h6-11,16,20-23,30H,3-5,12-15H2,1-2H3/t20-,21+,22+,23?,27+/m1/s1. The summed E-state index contributed by atoms with van der Waals surface area (Å²) in [4.78, 5) is 44.4. The predicted octanol–water partition coefficient (Wildman–Crippen LogP) is 2.06. The SMILES string of the molecule is Cc1ccc(C)c(N2CC=C[C@]34O[C@@H]5C=CCOC(=O)[C@@H]5[C@H]3C(=O)N(CCCCCO)C4C2=O)c1. The van der Waals surface area contributed by atoms with Crippen molar-refractivity contribution in [2.75, 3.05) is 31.2 Å². The number of likely N-dealkylation sites (tertiary alicyclic amines) is 1. The van der Waals surface area contributed by atoms with E-state index in [1.54, 1.807) is 22.0 Å². The van der Waals surface area contributed by atoms with Gasteiger partial charge in [0.25, 0.3) is 5.91 Å². The number of amides is 2. The number of hydrogen-bond donors (Lipinski definition) is 1. The highest BCUT2D eigenvalue weighted by atomic mass is 16.6. The van der Waals surface area contributed by atoms with Gasteiger partial charge >= 0.3 is 5.97 Å². The average Bonchev–Trinajstić information content (AvgIpc) is 3.13. The number of hydrogen-bond acceptors (Lipinski definition) is 6. The Morgan fingerprint density at radius 1 is 1.09 bits per heavy atom. The van der Waals surface area contributed by atoms with Gasteiger partial charge in [0, 0.05) is 25.4 Å². The van der Waals surface area contributed by atoms with Crippen LogP contribution in [0.15, 0.2) is 42.5 Å². The first-order valence-electron chi connectivity index (χ1n) is 12.4. The molecule has 2 saturated heterocycles. The number of aliphatic hydroxyl groups is 1. The second kappa shape index (κ2) is 9.24. The smallest absolute Gasteiger partial charge is 0.313 e. The van der Waals surface area contributed by atoms with Gasteiger partial charge in [-0.2, -0.15) is 0 Å². The van der Waals surface area contributed by atoms with Gasteiger partial charge in [-0.05, 0) is 56.4 Å². The van der Waals surface area contributed by atoms with E-state index in [9.17, 15) is 19.5 Å². The lowest BCUT2D eigenvalue weighted by Gasteiger charge is -2.35. The maximum atomic E-state index is 14.3. The minimum absolute atomic E-state index is 0.0804. The van der Waals surface area contributed by atoms with E-state index in [1.165, 1.54) is 0 Å². The Kier molecular flexibility index (Phi) is 6.27. The number of benzene rings is 1. The summed E-state index contributed by atoms with van der Waals surface area (Å²) in [5.74, 6) is -2.55. The number of rotatable bonds is 6. The van der Waals surface area contributed by atoms with Crippen LogP contribution in [0.5, 0.6) is 0 Å². The summed E-state index contributed by atoms with van der Waals surface area (Å²) in [6, 6.07) is 5.09. The molecule has 1 aromatic carbocycles. The van der Waals surface area contributed by atoms with Crippen molar-refractivity contribution in [3.05, 3.63) is 53.6 Å². The Morgan fingerprint density at radius 2 is 1.91 bits per heavy atom. The summed E-state index contributed by atoms with van der Waals surface area (Å²) in [6.45, 7) is 4.88. The van der Waals surface area contributed by atoms with Gasteiger partial charge in [0.1, 0.15) is 24.2 Å². The number of anilines is 1. The average molecular weight is 481 g/mol. The lowest BCUT2D eigenvalue weighted by molar-refractivity contribution is -0.152. The summed E-state index contributed by atoms with van der Waals surface area (Å²) in [7, 11) is 0. The number of aliphatic hydroxyl groups excluding tert-OH is 1. The van der Waals surface area contributed by atoms with Crippen molar-refractivity contribution in [2.24, 2.45) is 11.8 Å². The summed E-state index contributed by atoms with van der Waals surface area (Å²) >= 11 is 0. The van der Waals surface area contributed by atoms with Crippen LogP contribution in [-0.2, 0) is 23.9 Å². The van der Waals surface area contributed by atoms with E-state index in [1.807, 2.05) is 44.2 Å². The number of carbonyl (C=O) groups excluding carboxylic acids is 3. The van der Waals surface area contributed by atoms with Crippen molar-refractivity contribution in [2.45, 2.75) is 50.9 Å². The molecule has 1 spiro atoms. The van der Waals surface area contributed by atoms with Gasteiger partial charge in [-0.1, -0.05) is 30.4 Å².